The minimum Gasteiger partial charge on any atom is -0.451 e. The predicted molar refractivity (Wildman–Crippen MR) is 84.1 cm³/mol. The first-order chi connectivity index (χ1) is 9.65. The first-order valence-electron chi connectivity index (χ1n) is 6.13. The van der Waals surface area contributed by atoms with Gasteiger partial charge in [-0.05, 0) is 47.5 Å². The Morgan fingerprint density at radius 1 is 1.40 bits per heavy atom. The number of hydrogen-bond donors (Lipinski definition) is 1. The van der Waals surface area contributed by atoms with Gasteiger partial charge in [0.2, 0.25) is 0 Å². The third-order valence-electron chi connectivity index (χ3n) is 3.14. The third kappa shape index (κ3) is 2.51. The number of rotatable bonds is 3. The Morgan fingerprint density at radius 2 is 2.25 bits per heavy atom. The lowest BCUT2D eigenvalue weighted by molar-refractivity contribution is 0.0924. The molecule has 5 heteroatoms. The maximum absolute atomic E-state index is 12.2. The summed E-state index contributed by atoms with van der Waals surface area (Å²) in [5, 5.41) is 7.85. The van der Waals surface area contributed by atoms with E-state index in [0.29, 0.717) is 12.3 Å². The largest absolute Gasteiger partial charge is 0.451 e. The molecule has 0 aliphatic carbocycles. The van der Waals surface area contributed by atoms with Crippen LogP contribution in [0.1, 0.15) is 21.7 Å². The maximum atomic E-state index is 12.2. The van der Waals surface area contributed by atoms with Gasteiger partial charge in [0.1, 0.15) is 5.58 Å². The fraction of sp³-hybridized carbons (Fsp3) is 0.133. The molecule has 2 aromatic heterocycles. The monoisotopic (exact) mass is 349 g/mol. The molecule has 0 aliphatic rings. The lowest BCUT2D eigenvalue weighted by Gasteiger charge is -2.01. The van der Waals surface area contributed by atoms with E-state index >= 15 is 0 Å². The van der Waals surface area contributed by atoms with Crippen LogP contribution in [0.4, 0.5) is 0 Å². The Labute approximate surface area is 128 Å². The van der Waals surface area contributed by atoms with Crippen molar-refractivity contribution in [3.8, 4) is 0 Å². The zero-order valence-corrected chi connectivity index (χ0v) is 13.2. The lowest BCUT2D eigenvalue weighted by atomic mass is 10.1. The van der Waals surface area contributed by atoms with Gasteiger partial charge in [-0.3, -0.25) is 4.79 Å². The van der Waals surface area contributed by atoms with Crippen molar-refractivity contribution in [2.75, 3.05) is 0 Å². The highest BCUT2D eigenvalue weighted by Gasteiger charge is 2.17. The molecule has 3 aromatic rings. The van der Waals surface area contributed by atoms with E-state index in [1.807, 2.05) is 41.9 Å². The lowest BCUT2D eigenvalue weighted by Crippen LogP contribution is -2.22. The summed E-state index contributed by atoms with van der Waals surface area (Å²) in [5.41, 5.74) is 2.69. The van der Waals surface area contributed by atoms with Crippen LogP contribution in [0, 0.1) is 6.92 Å². The first kappa shape index (κ1) is 13.4. The quantitative estimate of drug-likeness (QED) is 0.756. The van der Waals surface area contributed by atoms with E-state index in [1.54, 1.807) is 11.3 Å². The summed E-state index contributed by atoms with van der Waals surface area (Å²) < 4.78 is 6.63. The summed E-state index contributed by atoms with van der Waals surface area (Å²) in [6.45, 7) is 2.42. The van der Waals surface area contributed by atoms with Gasteiger partial charge in [-0.1, -0.05) is 15.9 Å². The zero-order valence-electron chi connectivity index (χ0n) is 10.8. The standard InChI is InChI=1S/C15H12BrNO2S/c1-9-12-6-11(16)2-3-13(12)19-14(9)15(18)17-7-10-4-5-20-8-10/h2-6,8H,7H2,1H3,(H,17,18). The molecule has 0 saturated carbocycles. The fourth-order valence-corrected chi connectivity index (χ4v) is 3.10. The Hall–Kier alpha value is -1.59. The molecule has 2 heterocycles. The summed E-state index contributed by atoms with van der Waals surface area (Å²) in [4.78, 5) is 12.2. The molecular formula is C15H12BrNO2S. The van der Waals surface area contributed by atoms with Gasteiger partial charge in [0.05, 0.1) is 0 Å². The molecule has 0 spiro atoms. The highest BCUT2D eigenvalue weighted by atomic mass is 79.9. The number of benzene rings is 1. The van der Waals surface area contributed by atoms with E-state index in [9.17, 15) is 4.79 Å². The molecule has 0 saturated heterocycles. The van der Waals surface area contributed by atoms with Crippen molar-refractivity contribution in [1.29, 1.82) is 0 Å². The Bertz CT molecular complexity index is 762. The van der Waals surface area contributed by atoms with Crippen LogP contribution in [-0.2, 0) is 6.54 Å². The SMILES string of the molecule is Cc1c(C(=O)NCc2ccsc2)oc2ccc(Br)cc12. The van der Waals surface area contributed by atoms with E-state index in [0.717, 1.165) is 26.6 Å². The summed E-state index contributed by atoms with van der Waals surface area (Å²) in [6, 6.07) is 7.72. The number of amides is 1. The molecule has 1 N–H and O–H groups in total. The van der Waals surface area contributed by atoms with E-state index in [2.05, 4.69) is 21.2 Å². The second kappa shape index (κ2) is 5.42. The van der Waals surface area contributed by atoms with E-state index in [1.165, 1.54) is 0 Å². The number of carbonyl (C=O) groups excluding carboxylic acids is 1. The van der Waals surface area contributed by atoms with E-state index < -0.39 is 0 Å². The molecule has 1 amide bonds. The number of nitrogens with one attached hydrogen (secondary N) is 1. The summed E-state index contributed by atoms with van der Waals surface area (Å²) in [7, 11) is 0. The summed E-state index contributed by atoms with van der Waals surface area (Å²) >= 11 is 5.04. The van der Waals surface area contributed by atoms with E-state index in [-0.39, 0.29) is 5.91 Å². The second-order valence-corrected chi connectivity index (χ2v) is 6.21. The maximum Gasteiger partial charge on any atom is 0.287 e. The number of halogens is 1. The van der Waals surface area contributed by atoms with Crippen molar-refractivity contribution in [1.82, 2.24) is 5.32 Å². The predicted octanol–water partition coefficient (Wildman–Crippen LogP) is 4.50. The zero-order chi connectivity index (χ0) is 14.1. The summed E-state index contributed by atoms with van der Waals surface area (Å²) in [6.07, 6.45) is 0. The van der Waals surface area contributed by atoms with Crippen molar-refractivity contribution in [3.63, 3.8) is 0 Å². The van der Waals surface area contributed by atoms with Gasteiger partial charge in [0, 0.05) is 22.0 Å². The van der Waals surface area contributed by atoms with Crippen molar-refractivity contribution >= 4 is 44.1 Å². The molecule has 20 heavy (non-hydrogen) atoms. The molecule has 0 atom stereocenters. The molecule has 0 fully saturated rings. The number of furan rings is 1. The molecular weight excluding hydrogens is 338 g/mol. The smallest absolute Gasteiger partial charge is 0.287 e. The van der Waals surface area contributed by atoms with Gasteiger partial charge < -0.3 is 9.73 Å². The Morgan fingerprint density at radius 3 is 3.00 bits per heavy atom. The van der Waals surface area contributed by atoms with Gasteiger partial charge in [-0.25, -0.2) is 0 Å². The molecule has 1 aromatic carbocycles. The topological polar surface area (TPSA) is 42.2 Å². The number of thiophene rings is 1. The molecule has 0 bridgehead atoms. The molecule has 0 aliphatic heterocycles. The van der Waals surface area contributed by atoms with Crippen LogP contribution >= 0.6 is 27.3 Å². The third-order valence-corrected chi connectivity index (χ3v) is 4.36. The molecule has 3 nitrogen and oxygen atoms in total. The highest BCUT2D eigenvalue weighted by molar-refractivity contribution is 9.10. The molecule has 0 radical (unpaired) electrons. The molecule has 102 valence electrons. The van der Waals surface area contributed by atoms with E-state index in [4.69, 9.17) is 4.42 Å². The van der Waals surface area contributed by atoms with Gasteiger partial charge in [0.25, 0.3) is 5.91 Å². The van der Waals surface area contributed by atoms with Crippen molar-refractivity contribution in [2.45, 2.75) is 13.5 Å². The van der Waals surface area contributed by atoms with Gasteiger partial charge in [0.15, 0.2) is 5.76 Å². The highest BCUT2D eigenvalue weighted by Crippen LogP contribution is 2.28. The fourth-order valence-electron chi connectivity index (χ4n) is 2.07. The minimum atomic E-state index is -0.180. The average molecular weight is 350 g/mol. The number of fused-ring (bicyclic) bond motifs is 1. The normalized spacial score (nSPS) is 10.9. The van der Waals surface area contributed by atoms with Crippen LogP contribution in [0.15, 0.2) is 43.9 Å². The Balaban J connectivity index is 1.86. The average Bonchev–Trinajstić information content (AvgIpc) is 3.05. The van der Waals surface area contributed by atoms with Crippen molar-refractivity contribution < 1.29 is 9.21 Å². The Kier molecular flexibility index (Phi) is 3.63. The first-order valence-corrected chi connectivity index (χ1v) is 7.86. The van der Waals surface area contributed by atoms with Crippen LogP contribution < -0.4 is 5.32 Å². The van der Waals surface area contributed by atoms with Crippen molar-refractivity contribution in [3.05, 3.63) is 56.4 Å². The van der Waals surface area contributed by atoms with Crippen LogP contribution in [0.2, 0.25) is 0 Å². The van der Waals surface area contributed by atoms with Crippen LogP contribution in [0.3, 0.4) is 0 Å². The van der Waals surface area contributed by atoms with Crippen LogP contribution in [0.5, 0.6) is 0 Å². The molecule has 0 unspecified atom stereocenters. The van der Waals surface area contributed by atoms with Gasteiger partial charge in [-0.15, -0.1) is 0 Å². The number of carbonyl (C=O) groups is 1. The van der Waals surface area contributed by atoms with Crippen LogP contribution in [0.25, 0.3) is 11.0 Å². The van der Waals surface area contributed by atoms with Crippen LogP contribution in [-0.4, -0.2) is 5.91 Å². The van der Waals surface area contributed by atoms with Gasteiger partial charge in [-0.2, -0.15) is 11.3 Å². The van der Waals surface area contributed by atoms with Gasteiger partial charge >= 0.3 is 0 Å². The number of aryl methyl sites for hydroxylation is 1. The van der Waals surface area contributed by atoms with Crippen molar-refractivity contribution in [2.24, 2.45) is 0 Å². The molecule has 3 rings (SSSR count). The number of hydrogen-bond acceptors (Lipinski definition) is 3. The minimum absolute atomic E-state index is 0.180. The summed E-state index contributed by atoms with van der Waals surface area (Å²) in [5.74, 6) is 0.203. The second-order valence-electron chi connectivity index (χ2n) is 4.51.